The Balaban J connectivity index is 2.77. The SMILES string of the molecule is CC(C)(C)[Si](C)(C)OCc1cc(O)ccc1Cl. The molecule has 1 aromatic rings. The van der Waals surface area contributed by atoms with Crippen LogP contribution in [0.25, 0.3) is 0 Å². The van der Waals surface area contributed by atoms with Crippen LogP contribution in [0, 0.1) is 0 Å². The summed E-state index contributed by atoms with van der Waals surface area (Å²) in [5.74, 6) is 0.225. The van der Waals surface area contributed by atoms with E-state index in [1.807, 2.05) is 0 Å². The summed E-state index contributed by atoms with van der Waals surface area (Å²) in [6, 6.07) is 4.94. The number of hydrogen-bond donors (Lipinski definition) is 1. The molecule has 4 heteroatoms. The van der Waals surface area contributed by atoms with Crippen LogP contribution in [-0.2, 0) is 11.0 Å². The third-order valence-electron chi connectivity index (χ3n) is 3.42. The molecule has 96 valence electrons. The van der Waals surface area contributed by atoms with Crippen LogP contribution in [0.5, 0.6) is 5.75 Å². The molecule has 0 atom stereocenters. The first-order valence-electron chi connectivity index (χ1n) is 5.75. The van der Waals surface area contributed by atoms with Crippen molar-refractivity contribution >= 4 is 19.9 Å². The van der Waals surface area contributed by atoms with Gasteiger partial charge in [-0.3, -0.25) is 0 Å². The predicted molar refractivity (Wildman–Crippen MR) is 75.1 cm³/mol. The second-order valence-electron chi connectivity index (χ2n) is 5.82. The fraction of sp³-hybridized carbons (Fsp3) is 0.538. The molecule has 0 unspecified atom stereocenters. The van der Waals surface area contributed by atoms with E-state index in [0.717, 1.165) is 5.56 Å². The highest BCUT2D eigenvalue weighted by Gasteiger charge is 2.37. The van der Waals surface area contributed by atoms with Gasteiger partial charge in [0.2, 0.25) is 0 Å². The Morgan fingerprint density at radius 1 is 1.29 bits per heavy atom. The minimum absolute atomic E-state index is 0.177. The van der Waals surface area contributed by atoms with Crippen LogP contribution >= 0.6 is 11.6 Å². The maximum atomic E-state index is 9.42. The number of aromatic hydroxyl groups is 1. The fourth-order valence-corrected chi connectivity index (χ4v) is 2.27. The molecule has 0 spiro atoms. The van der Waals surface area contributed by atoms with Gasteiger partial charge >= 0.3 is 0 Å². The van der Waals surface area contributed by atoms with Crippen molar-refractivity contribution in [1.29, 1.82) is 0 Å². The molecule has 2 nitrogen and oxygen atoms in total. The third kappa shape index (κ3) is 3.73. The van der Waals surface area contributed by atoms with E-state index in [2.05, 4.69) is 33.9 Å². The molecular formula is C13H21ClO2Si. The van der Waals surface area contributed by atoms with Gasteiger partial charge in [0.1, 0.15) is 5.75 Å². The minimum atomic E-state index is -1.77. The molecule has 0 amide bonds. The number of benzene rings is 1. The van der Waals surface area contributed by atoms with Gasteiger partial charge in [-0.2, -0.15) is 0 Å². The first-order chi connectivity index (χ1) is 7.63. The molecule has 1 rings (SSSR count). The first kappa shape index (κ1) is 14.5. The van der Waals surface area contributed by atoms with Crippen molar-refractivity contribution in [3.05, 3.63) is 28.8 Å². The Hall–Kier alpha value is -0.513. The molecule has 0 fully saturated rings. The average molecular weight is 273 g/mol. The zero-order valence-electron chi connectivity index (χ0n) is 11.2. The van der Waals surface area contributed by atoms with Gasteiger partial charge in [0, 0.05) is 5.02 Å². The number of halogens is 1. The summed E-state index contributed by atoms with van der Waals surface area (Å²) in [6.45, 7) is 11.5. The lowest BCUT2D eigenvalue weighted by molar-refractivity contribution is 0.276. The van der Waals surface area contributed by atoms with Crippen molar-refractivity contribution in [2.45, 2.75) is 45.5 Å². The van der Waals surface area contributed by atoms with Gasteiger partial charge in [-0.1, -0.05) is 32.4 Å². The van der Waals surface area contributed by atoms with Crippen LogP contribution < -0.4 is 0 Å². The molecule has 0 bridgehead atoms. The highest BCUT2D eigenvalue weighted by atomic mass is 35.5. The van der Waals surface area contributed by atoms with Gasteiger partial charge in [0.15, 0.2) is 8.32 Å². The molecule has 0 heterocycles. The van der Waals surface area contributed by atoms with Crippen molar-refractivity contribution in [2.75, 3.05) is 0 Å². The average Bonchev–Trinajstić information content (AvgIpc) is 2.18. The molecule has 17 heavy (non-hydrogen) atoms. The highest BCUT2D eigenvalue weighted by molar-refractivity contribution is 6.74. The molecule has 0 aromatic heterocycles. The fourth-order valence-electron chi connectivity index (χ4n) is 1.15. The maximum absolute atomic E-state index is 9.42. The standard InChI is InChI=1S/C13H21ClO2Si/c1-13(2,3)17(4,5)16-9-10-8-11(15)6-7-12(10)14/h6-8,15H,9H2,1-5H3. The van der Waals surface area contributed by atoms with Gasteiger partial charge in [-0.25, -0.2) is 0 Å². The van der Waals surface area contributed by atoms with Crippen LogP contribution in [0.1, 0.15) is 26.3 Å². The molecule has 1 aromatic carbocycles. The van der Waals surface area contributed by atoms with E-state index in [1.54, 1.807) is 18.2 Å². The smallest absolute Gasteiger partial charge is 0.192 e. The maximum Gasteiger partial charge on any atom is 0.192 e. The van der Waals surface area contributed by atoms with Gasteiger partial charge in [-0.05, 0) is 41.9 Å². The second kappa shape index (κ2) is 5.00. The zero-order valence-corrected chi connectivity index (χ0v) is 12.9. The summed E-state index contributed by atoms with van der Waals surface area (Å²) in [7, 11) is -1.77. The first-order valence-corrected chi connectivity index (χ1v) is 9.03. The second-order valence-corrected chi connectivity index (χ2v) is 11.0. The van der Waals surface area contributed by atoms with Gasteiger partial charge in [0.05, 0.1) is 6.61 Å². The van der Waals surface area contributed by atoms with E-state index in [4.69, 9.17) is 16.0 Å². The molecule has 0 aliphatic rings. The van der Waals surface area contributed by atoms with Crippen molar-refractivity contribution < 1.29 is 9.53 Å². The summed E-state index contributed by atoms with van der Waals surface area (Å²) in [6.07, 6.45) is 0. The van der Waals surface area contributed by atoms with E-state index in [1.165, 1.54) is 0 Å². The van der Waals surface area contributed by atoms with E-state index in [9.17, 15) is 5.11 Å². The van der Waals surface area contributed by atoms with Crippen LogP contribution in [0.2, 0.25) is 23.2 Å². The topological polar surface area (TPSA) is 29.5 Å². The Labute approximate surface area is 110 Å². The largest absolute Gasteiger partial charge is 0.508 e. The van der Waals surface area contributed by atoms with E-state index >= 15 is 0 Å². The van der Waals surface area contributed by atoms with Crippen LogP contribution in [-0.4, -0.2) is 13.4 Å². The number of phenolic OH excluding ortho intramolecular Hbond substituents is 1. The van der Waals surface area contributed by atoms with E-state index < -0.39 is 8.32 Å². The predicted octanol–water partition coefficient (Wildman–Crippen LogP) is 4.57. The summed E-state index contributed by atoms with van der Waals surface area (Å²) < 4.78 is 6.06. The van der Waals surface area contributed by atoms with Crippen molar-refractivity contribution in [3.8, 4) is 5.75 Å². The lowest BCUT2D eigenvalue weighted by Gasteiger charge is -2.36. The zero-order chi connectivity index (χ0) is 13.3. The minimum Gasteiger partial charge on any atom is -0.508 e. The molecule has 0 saturated heterocycles. The van der Waals surface area contributed by atoms with E-state index in [0.29, 0.717) is 11.6 Å². The third-order valence-corrected chi connectivity index (χ3v) is 8.27. The molecule has 0 saturated carbocycles. The van der Waals surface area contributed by atoms with Crippen molar-refractivity contribution in [2.24, 2.45) is 0 Å². The van der Waals surface area contributed by atoms with Crippen LogP contribution in [0.4, 0.5) is 0 Å². The Bertz CT molecular complexity index is 397. The van der Waals surface area contributed by atoms with Crippen molar-refractivity contribution in [3.63, 3.8) is 0 Å². The lowest BCUT2D eigenvalue weighted by Crippen LogP contribution is -2.40. The molecule has 0 aliphatic carbocycles. The number of hydrogen-bond acceptors (Lipinski definition) is 2. The van der Waals surface area contributed by atoms with E-state index in [-0.39, 0.29) is 10.8 Å². The summed E-state index contributed by atoms with van der Waals surface area (Å²) in [4.78, 5) is 0. The summed E-state index contributed by atoms with van der Waals surface area (Å²) >= 11 is 6.06. The molecule has 0 aliphatic heterocycles. The Morgan fingerprint density at radius 2 is 1.88 bits per heavy atom. The molecule has 1 N–H and O–H groups in total. The molecular weight excluding hydrogens is 252 g/mol. The molecule has 0 radical (unpaired) electrons. The Kier molecular flexibility index (Phi) is 4.28. The summed E-state index contributed by atoms with van der Waals surface area (Å²) in [5.41, 5.74) is 0.844. The number of rotatable bonds is 3. The van der Waals surface area contributed by atoms with Gasteiger partial charge in [0.25, 0.3) is 0 Å². The van der Waals surface area contributed by atoms with Crippen molar-refractivity contribution in [1.82, 2.24) is 0 Å². The lowest BCUT2D eigenvalue weighted by atomic mass is 10.2. The normalized spacial score (nSPS) is 12.8. The van der Waals surface area contributed by atoms with Gasteiger partial charge in [-0.15, -0.1) is 0 Å². The summed E-state index contributed by atoms with van der Waals surface area (Å²) in [5, 5.41) is 10.2. The Morgan fingerprint density at radius 3 is 2.41 bits per heavy atom. The monoisotopic (exact) mass is 272 g/mol. The van der Waals surface area contributed by atoms with Crippen LogP contribution in [0.15, 0.2) is 18.2 Å². The quantitative estimate of drug-likeness (QED) is 0.817. The van der Waals surface area contributed by atoms with Crippen LogP contribution in [0.3, 0.4) is 0 Å². The highest BCUT2D eigenvalue weighted by Crippen LogP contribution is 2.37. The van der Waals surface area contributed by atoms with Gasteiger partial charge < -0.3 is 9.53 Å². The number of phenols is 1.